The number of nitrogens with zero attached hydrogens (tertiary/aromatic N) is 3. The molecule has 4 rings (SSSR count). The summed E-state index contributed by atoms with van der Waals surface area (Å²) in [7, 11) is 0. The van der Waals surface area contributed by atoms with Gasteiger partial charge < -0.3 is 9.64 Å². The van der Waals surface area contributed by atoms with Gasteiger partial charge in [-0.1, -0.05) is 31.3 Å². The zero-order chi connectivity index (χ0) is 30.8. The van der Waals surface area contributed by atoms with Gasteiger partial charge >= 0.3 is 6.18 Å². The number of nitriles is 1. The van der Waals surface area contributed by atoms with Crippen molar-refractivity contribution < 1.29 is 22.7 Å². The molecule has 1 aliphatic heterocycles. The van der Waals surface area contributed by atoms with Crippen molar-refractivity contribution in [2.75, 3.05) is 13.2 Å². The number of piperidine rings is 1. The second-order valence-electron chi connectivity index (χ2n) is 11.3. The van der Waals surface area contributed by atoms with Crippen molar-refractivity contribution in [2.45, 2.75) is 65.1 Å². The number of carbonyl (C=O) groups excluding carboxylic acids is 1. The number of halogens is 3. The summed E-state index contributed by atoms with van der Waals surface area (Å²) in [6.07, 6.45) is -0.739. The molecule has 5 nitrogen and oxygen atoms in total. The molecule has 0 spiro atoms. The van der Waals surface area contributed by atoms with E-state index in [4.69, 9.17) is 17.0 Å². The third-order valence-corrected chi connectivity index (χ3v) is 8.82. The maximum Gasteiger partial charge on any atom is 0.417 e. The molecular formula is C33H34F3N3O2S. The molecule has 2 aromatic carbocycles. The summed E-state index contributed by atoms with van der Waals surface area (Å²) in [4.78, 5) is 20.3. The molecule has 3 aromatic rings. The fraction of sp³-hybridized carbons (Fsp3) is 0.394. The second-order valence-corrected chi connectivity index (χ2v) is 11.7. The quantitative estimate of drug-likeness (QED) is 0.196. The lowest BCUT2D eigenvalue weighted by Gasteiger charge is -2.47. The Balaban J connectivity index is 1.42. The van der Waals surface area contributed by atoms with Crippen LogP contribution in [-0.2, 0) is 11.0 Å². The van der Waals surface area contributed by atoms with Crippen LogP contribution in [0.2, 0.25) is 0 Å². The Morgan fingerprint density at radius 2 is 1.83 bits per heavy atom. The van der Waals surface area contributed by atoms with Crippen molar-refractivity contribution in [1.82, 2.24) is 9.88 Å². The van der Waals surface area contributed by atoms with Crippen molar-refractivity contribution in [2.24, 2.45) is 5.92 Å². The van der Waals surface area contributed by atoms with E-state index < -0.39 is 17.3 Å². The smallest absolute Gasteiger partial charge is 0.417 e. The van der Waals surface area contributed by atoms with E-state index in [9.17, 15) is 23.2 Å². The molecule has 0 N–H and O–H groups in total. The van der Waals surface area contributed by atoms with Gasteiger partial charge in [0, 0.05) is 31.3 Å². The van der Waals surface area contributed by atoms with Gasteiger partial charge in [-0.05, 0) is 98.2 Å². The van der Waals surface area contributed by atoms with Crippen molar-refractivity contribution in [1.29, 1.82) is 5.26 Å². The number of thiocarbonyl (C=S) groups is 1. The lowest BCUT2D eigenvalue weighted by atomic mass is 9.72. The van der Waals surface area contributed by atoms with Gasteiger partial charge in [0.1, 0.15) is 5.75 Å². The van der Waals surface area contributed by atoms with Crippen molar-refractivity contribution in [3.8, 4) is 22.9 Å². The van der Waals surface area contributed by atoms with Gasteiger partial charge in [0.15, 0.2) is 5.78 Å². The summed E-state index contributed by atoms with van der Waals surface area (Å²) in [5.74, 6) is -0.165. The van der Waals surface area contributed by atoms with Crippen LogP contribution >= 0.6 is 12.2 Å². The number of ether oxygens (including phenoxy) is 1. The highest BCUT2D eigenvalue weighted by atomic mass is 32.1. The minimum Gasteiger partial charge on any atom is -0.494 e. The number of carbonyl (C=O) groups is 1. The van der Waals surface area contributed by atoms with Gasteiger partial charge in [0.25, 0.3) is 0 Å². The first kappa shape index (κ1) is 31.2. The molecule has 1 aliphatic rings. The predicted molar refractivity (Wildman–Crippen MR) is 160 cm³/mol. The SMILES string of the molecule is Cc1c(C#N)ccc(C(C)C2CC(=S)N(CCCOc3ccc(-c4ccncc4)c(C(F)(F)F)c3)C(C)(C)C2=O)c1C. The Morgan fingerprint density at radius 1 is 1.14 bits per heavy atom. The summed E-state index contributed by atoms with van der Waals surface area (Å²) in [6.45, 7) is 10.3. The highest BCUT2D eigenvalue weighted by Crippen LogP contribution is 2.41. The van der Waals surface area contributed by atoms with E-state index in [1.807, 2.05) is 51.7 Å². The maximum absolute atomic E-state index is 13.8. The Labute approximate surface area is 250 Å². The number of ketones is 1. The first-order valence-corrected chi connectivity index (χ1v) is 14.3. The van der Waals surface area contributed by atoms with E-state index in [1.54, 1.807) is 0 Å². The fourth-order valence-electron chi connectivity index (χ4n) is 5.81. The maximum atomic E-state index is 13.8. The predicted octanol–water partition coefficient (Wildman–Crippen LogP) is 7.83. The average Bonchev–Trinajstić information content (AvgIpc) is 2.95. The van der Waals surface area contributed by atoms with Gasteiger partial charge in [-0.15, -0.1) is 0 Å². The van der Waals surface area contributed by atoms with Crippen LogP contribution in [0, 0.1) is 31.1 Å². The van der Waals surface area contributed by atoms with Crippen LogP contribution in [0.5, 0.6) is 5.75 Å². The number of alkyl halides is 3. The molecule has 0 bridgehead atoms. The fourth-order valence-corrected chi connectivity index (χ4v) is 6.31. The normalized spacial score (nSPS) is 17.6. The van der Waals surface area contributed by atoms with E-state index in [0.29, 0.717) is 35.5 Å². The molecule has 0 amide bonds. The minimum absolute atomic E-state index is 0.0614. The topological polar surface area (TPSA) is 66.2 Å². The lowest BCUT2D eigenvalue weighted by molar-refractivity contribution is -0.137. The van der Waals surface area contributed by atoms with E-state index in [2.05, 4.69) is 11.1 Å². The number of Topliss-reactive ketones (excluding diaryl/α,β-unsaturated/α-hetero) is 1. The molecule has 0 saturated carbocycles. The van der Waals surface area contributed by atoms with Gasteiger partial charge in [-0.3, -0.25) is 9.78 Å². The molecular weight excluding hydrogens is 559 g/mol. The average molecular weight is 594 g/mol. The van der Waals surface area contributed by atoms with Crippen LogP contribution in [0.25, 0.3) is 11.1 Å². The van der Waals surface area contributed by atoms with Crippen molar-refractivity contribution in [3.63, 3.8) is 0 Å². The highest BCUT2D eigenvalue weighted by Gasteiger charge is 2.47. The number of rotatable bonds is 8. The van der Waals surface area contributed by atoms with E-state index >= 15 is 0 Å². The second kappa shape index (κ2) is 12.2. The van der Waals surface area contributed by atoms with Gasteiger partial charge in [-0.25, -0.2) is 0 Å². The lowest BCUT2D eigenvalue weighted by Crippen LogP contribution is -2.60. The van der Waals surface area contributed by atoms with E-state index in [1.165, 1.54) is 36.7 Å². The van der Waals surface area contributed by atoms with Crippen molar-refractivity contribution in [3.05, 3.63) is 82.7 Å². The summed E-state index contributed by atoms with van der Waals surface area (Å²) >= 11 is 5.80. The van der Waals surface area contributed by atoms with E-state index in [-0.39, 0.29) is 35.5 Å². The van der Waals surface area contributed by atoms with E-state index in [0.717, 1.165) is 22.8 Å². The van der Waals surface area contributed by atoms with Crippen LogP contribution in [-0.4, -0.2) is 39.3 Å². The summed E-state index contributed by atoms with van der Waals surface area (Å²) < 4.78 is 47.3. The number of likely N-dealkylation sites (tertiary alicyclic amines) is 1. The zero-order valence-corrected chi connectivity index (χ0v) is 25.2. The molecule has 220 valence electrons. The summed E-state index contributed by atoms with van der Waals surface area (Å²) in [5.41, 5.74) is 2.46. The van der Waals surface area contributed by atoms with Gasteiger partial charge in [0.2, 0.25) is 0 Å². The minimum atomic E-state index is -4.55. The zero-order valence-electron chi connectivity index (χ0n) is 24.4. The third kappa shape index (κ3) is 6.19. The van der Waals surface area contributed by atoms with Crippen molar-refractivity contribution >= 4 is 23.0 Å². The monoisotopic (exact) mass is 593 g/mol. The Bertz CT molecular complexity index is 1530. The molecule has 1 aromatic heterocycles. The first-order chi connectivity index (χ1) is 19.8. The molecule has 42 heavy (non-hydrogen) atoms. The molecule has 9 heteroatoms. The molecule has 0 aliphatic carbocycles. The first-order valence-electron chi connectivity index (χ1n) is 13.9. The third-order valence-electron chi connectivity index (χ3n) is 8.44. The number of hydrogen-bond donors (Lipinski definition) is 0. The van der Waals surface area contributed by atoms with Gasteiger partial charge in [-0.2, -0.15) is 18.4 Å². The number of hydrogen-bond acceptors (Lipinski definition) is 5. The molecule has 0 radical (unpaired) electrons. The number of aromatic nitrogens is 1. The molecule has 2 heterocycles. The van der Waals surface area contributed by atoms with Crippen LogP contribution < -0.4 is 4.74 Å². The standard InChI is InChI=1S/C33H34F3N3O2S/c1-20-21(2)26(9-7-24(20)19-37)22(3)28-18-30(42)39(32(4,5)31(28)40)15-6-16-41-25-8-10-27(23-11-13-38-14-12-23)29(17-25)33(34,35)36/h7-14,17,22,28H,6,15-16,18H2,1-5H3. The summed E-state index contributed by atoms with van der Waals surface area (Å²) in [6, 6.07) is 13.0. The molecule has 1 fully saturated rings. The molecule has 2 unspecified atom stereocenters. The summed E-state index contributed by atoms with van der Waals surface area (Å²) in [5, 5.41) is 9.36. The Morgan fingerprint density at radius 3 is 2.48 bits per heavy atom. The molecule has 2 atom stereocenters. The Kier molecular flexibility index (Phi) is 9.07. The van der Waals surface area contributed by atoms with Crippen LogP contribution in [0.1, 0.15) is 67.3 Å². The van der Waals surface area contributed by atoms with Crippen LogP contribution in [0.15, 0.2) is 54.9 Å². The largest absolute Gasteiger partial charge is 0.494 e. The van der Waals surface area contributed by atoms with Gasteiger partial charge in [0.05, 0.1) is 34.3 Å². The highest BCUT2D eigenvalue weighted by molar-refractivity contribution is 7.80. The number of pyridine rings is 1. The molecule has 1 saturated heterocycles. The van der Waals surface area contributed by atoms with Crippen LogP contribution in [0.4, 0.5) is 13.2 Å². The Hall–Kier alpha value is -3.77. The van der Waals surface area contributed by atoms with Crippen LogP contribution in [0.3, 0.4) is 0 Å². The number of benzene rings is 2.